The maximum absolute atomic E-state index is 12.3. The largest absolute Gasteiger partial charge is 0.481 e. The molecule has 4 heteroatoms. The number of carbonyl (C=O) groups is 2. The van der Waals surface area contributed by atoms with Gasteiger partial charge in [-0.1, -0.05) is 32.0 Å². The van der Waals surface area contributed by atoms with Gasteiger partial charge in [0.1, 0.15) is 11.3 Å². The van der Waals surface area contributed by atoms with Crippen molar-refractivity contribution >= 4 is 22.7 Å². The molecule has 2 aromatic rings. The van der Waals surface area contributed by atoms with Crippen molar-refractivity contribution < 1.29 is 19.1 Å². The number of aryl methyl sites for hydroxylation is 1. The number of carboxylic acids is 1. The van der Waals surface area contributed by atoms with E-state index < -0.39 is 11.9 Å². The van der Waals surface area contributed by atoms with Gasteiger partial charge in [0.05, 0.1) is 11.5 Å². The molecular formula is C15H16O4. The lowest BCUT2D eigenvalue weighted by molar-refractivity contribution is -0.141. The number of ketones is 1. The number of rotatable bonds is 5. The summed E-state index contributed by atoms with van der Waals surface area (Å²) in [5.74, 6) is -1.19. The quantitative estimate of drug-likeness (QED) is 0.837. The fourth-order valence-corrected chi connectivity index (χ4v) is 2.12. The zero-order valence-electron chi connectivity index (χ0n) is 11.0. The summed E-state index contributed by atoms with van der Waals surface area (Å²) >= 11 is 0. The molecule has 0 aliphatic rings. The van der Waals surface area contributed by atoms with E-state index in [4.69, 9.17) is 9.52 Å². The van der Waals surface area contributed by atoms with Gasteiger partial charge in [0.25, 0.3) is 0 Å². The van der Waals surface area contributed by atoms with Gasteiger partial charge in [-0.2, -0.15) is 0 Å². The molecule has 0 aliphatic carbocycles. The molecule has 1 heterocycles. The van der Waals surface area contributed by atoms with Crippen molar-refractivity contribution in [2.45, 2.75) is 26.7 Å². The van der Waals surface area contributed by atoms with Crippen LogP contribution in [-0.2, 0) is 11.2 Å². The third-order valence-corrected chi connectivity index (χ3v) is 3.18. The first-order valence-electron chi connectivity index (χ1n) is 6.31. The standard InChI is InChI=1S/C15H16O4/c1-3-12-14(11(16)8-9(2)15(17)18)10-6-4-5-7-13(10)19-12/h4-7,9H,3,8H2,1-2H3,(H,17,18). The molecule has 2 rings (SSSR count). The second kappa shape index (κ2) is 5.26. The SMILES string of the molecule is CCc1oc2ccccc2c1C(=O)CC(C)C(=O)O. The minimum atomic E-state index is -0.959. The van der Waals surface area contributed by atoms with Crippen LogP contribution >= 0.6 is 0 Å². The van der Waals surface area contributed by atoms with Crippen molar-refractivity contribution in [3.8, 4) is 0 Å². The Morgan fingerprint density at radius 3 is 2.63 bits per heavy atom. The topological polar surface area (TPSA) is 67.5 Å². The highest BCUT2D eigenvalue weighted by atomic mass is 16.4. The Morgan fingerprint density at radius 1 is 1.32 bits per heavy atom. The minimum absolute atomic E-state index is 0.00807. The summed E-state index contributed by atoms with van der Waals surface area (Å²) in [5, 5.41) is 9.66. The molecule has 100 valence electrons. The van der Waals surface area contributed by atoms with Crippen LogP contribution in [-0.4, -0.2) is 16.9 Å². The molecule has 0 aliphatic heterocycles. The van der Waals surface area contributed by atoms with E-state index in [2.05, 4.69) is 0 Å². The molecule has 19 heavy (non-hydrogen) atoms. The molecule has 0 saturated heterocycles. The molecule has 0 saturated carbocycles. The van der Waals surface area contributed by atoms with Gasteiger partial charge in [-0.15, -0.1) is 0 Å². The number of hydrogen-bond donors (Lipinski definition) is 1. The Morgan fingerprint density at radius 2 is 2.00 bits per heavy atom. The summed E-state index contributed by atoms with van der Waals surface area (Å²) in [4.78, 5) is 23.1. The van der Waals surface area contributed by atoms with E-state index in [9.17, 15) is 9.59 Å². The van der Waals surface area contributed by atoms with Gasteiger partial charge in [-0.25, -0.2) is 0 Å². The lowest BCUT2D eigenvalue weighted by Gasteiger charge is -2.05. The van der Waals surface area contributed by atoms with Crippen molar-refractivity contribution in [1.82, 2.24) is 0 Å². The van der Waals surface area contributed by atoms with Gasteiger partial charge < -0.3 is 9.52 Å². The molecule has 0 fully saturated rings. The predicted octanol–water partition coefficient (Wildman–Crippen LogP) is 3.29. The average Bonchev–Trinajstić information content (AvgIpc) is 2.76. The molecule has 1 unspecified atom stereocenters. The summed E-state index contributed by atoms with van der Waals surface area (Å²) in [7, 11) is 0. The molecule has 0 amide bonds. The second-order valence-electron chi connectivity index (χ2n) is 4.62. The van der Waals surface area contributed by atoms with Gasteiger partial charge in [-0.05, 0) is 6.07 Å². The van der Waals surface area contributed by atoms with Crippen molar-refractivity contribution in [2.75, 3.05) is 0 Å². The van der Waals surface area contributed by atoms with Gasteiger partial charge in [0.2, 0.25) is 0 Å². The summed E-state index contributed by atoms with van der Waals surface area (Å²) in [6.45, 7) is 3.45. The lowest BCUT2D eigenvalue weighted by atomic mass is 9.97. The van der Waals surface area contributed by atoms with Crippen LogP contribution in [0.4, 0.5) is 0 Å². The second-order valence-corrected chi connectivity index (χ2v) is 4.62. The summed E-state index contributed by atoms with van der Waals surface area (Å²) in [6, 6.07) is 7.33. The van der Waals surface area contributed by atoms with E-state index >= 15 is 0 Å². The number of benzene rings is 1. The van der Waals surface area contributed by atoms with Crippen LogP contribution in [0.25, 0.3) is 11.0 Å². The highest BCUT2D eigenvalue weighted by molar-refractivity contribution is 6.09. The molecular weight excluding hydrogens is 244 g/mol. The first-order chi connectivity index (χ1) is 9.04. The van der Waals surface area contributed by atoms with Gasteiger partial charge in [0.15, 0.2) is 5.78 Å². The Hall–Kier alpha value is -2.10. The molecule has 0 radical (unpaired) electrons. The van der Waals surface area contributed by atoms with E-state index in [1.807, 2.05) is 31.2 Å². The Balaban J connectivity index is 2.43. The first-order valence-corrected chi connectivity index (χ1v) is 6.31. The van der Waals surface area contributed by atoms with E-state index in [1.54, 1.807) is 0 Å². The van der Waals surface area contributed by atoms with Gasteiger partial charge in [-0.3, -0.25) is 9.59 Å². The van der Waals surface area contributed by atoms with Crippen LogP contribution in [0, 0.1) is 5.92 Å². The predicted molar refractivity (Wildman–Crippen MR) is 71.3 cm³/mol. The van der Waals surface area contributed by atoms with Crippen molar-refractivity contribution in [2.24, 2.45) is 5.92 Å². The molecule has 4 nitrogen and oxygen atoms in total. The number of carbonyl (C=O) groups excluding carboxylic acids is 1. The number of furan rings is 1. The van der Waals surface area contributed by atoms with E-state index in [1.165, 1.54) is 6.92 Å². The monoisotopic (exact) mass is 260 g/mol. The third kappa shape index (κ3) is 2.52. The van der Waals surface area contributed by atoms with Crippen molar-refractivity contribution in [3.05, 3.63) is 35.6 Å². The van der Waals surface area contributed by atoms with Crippen molar-refractivity contribution in [1.29, 1.82) is 0 Å². The van der Waals surface area contributed by atoms with E-state index in [-0.39, 0.29) is 12.2 Å². The summed E-state index contributed by atoms with van der Waals surface area (Å²) < 4.78 is 5.64. The molecule has 1 aromatic carbocycles. The van der Waals surface area contributed by atoms with E-state index in [0.29, 0.717) is 23.3 Å². The average molecular weight is 260 g/mol. The maximum Gasteiger partial charge on any atom is 0.306 e. The molecule has 0 spiro atoms. The summed E-state index contributed by atoms with van der Waals surface area (Å²) in [6.07, 6.45) is 0.600. The number of Topliss-reactive ketones (excluding diaryl/α,β-unsaturated/α-hetero) is 1. The highest BCUT2D eigenvalue weighted by Gasteiger charge is 2.23. The van der Waals surface area contributed by atoms with Crippen molar-refractivity contribution in [3.63, 3.8) is 0 Å². The highest BCUT2D eigenvalue weighted by Crippen LogP contribution is 2.28. The van der Waals surface area contributed by atoms with Crippen LogP contribution in [0.15, 0.2) is 28.7 Å². The Labute approximate surface area is 111 Å². The minimum Gasteiger partial charge on any atom is -0.481 e. The van der Waals surface area contributed by atoms with E-state index in [0.717, 1.165) is 5.39 Å². The van der Waals surface area contributed by atoms with Crippen LogP contribution in [0.1, 0.15) is 36.4 Å². The third-order valence-electron chi connectivity index (χ3n) is 3.18. The molecule has 1 N–H and O–H groups in total. The van der Waals surface area contributed by atoms with Crippen LogP contribution in [0.3, 0.4) is 0 Å². The van der Waals surface area contributed by atoms with Crippen LogP contribution in [0.2, 0.25) is 0 Å². The first kappa shape index (κ1) is 13.3. The maximum atomic E-state index is 12.3. The number of fused-ring (bicyclic) bond motifs is 1. The smallest absolute Gasteiger partial charge is 0.306 e. The number of hydrogen-bond acceptors (Lipinski definition) is 3. The normalized spacial score (nSPS) is 12.5. The molecule has 1 atom stereocenters. The van der Waals surface area contributed by atoms with Gasteiger partial charge >= 0.3 is 5.97 Å². The number of aliphatic carboxylic acids is 1. The molecule has 1 aromatic heterocycles. The fourth-order valence-electron chi connectivity index (χ4n) is 2.12. The summed E-state index contributed by atoms with van der Waals surface area (Å²) in [5.41, 5.74) is 1.21. The van der Waals surface area contributed by atoms with Crippen LogP contribution < -0.4 is 0 Å². The number of para-hydroxylation sites is 1. The zero-order chi connectivity index (χ0) is 14.0. The number of carboxylic acid groups (broad SMARTS) is 1. The Kier molecular flexibility index (Phi) is 3.69. The van der Waals surface area contributed by atoms with Crippen LogP contribution in [0.5, 0.6) is 0 Å². The molecule has 0 bridgehead atoms. The Bertz CT molecular complexity index is 624. The van der Waals surface area contributed by atoms with Gasteiger partial charge in [0, 0.05) is 18.2 Å². The fraction of sp³-hybridized carbons (Fsp3) is 0.333. The zero-order valence-corrected chi connectivity index (χ0v) is 11.0. The lowest BCUT2D eigenvalue weighted by Crippen LogP contribution is -2.15.